The average Bonchev–Trinajstić information content (AvgIpc) is 2.06. The molecule has 66 valence electrons. The first-order valence-corrected chi connectivity index (χ1v) is 5.31. The van der Waals surface area contributed by atoms with Crippen molar-refractivity contribution in [3.63, 3.8) is 0 Å². The first-order chi connectivity index (χ1) is 5.83. The van der Waals surface area contributed by atoms with Crippen molar-refractivity contribution in [2.45, 2.75) is 19.2 Å². The summed E-state index contributed by atoms with van der Waals surface area (Å²) in [6.07, 6.45) is 0. The molecule has 1 N–H and O–H groups in total. The van der Waals surface area contributed by atoms with E-state index in [1.54, 1.807) is 0 Å². The molecule has 0 amide bonds. The normalized spacial score (nSPS) is 12.5. The highest BCUT2D eigenvalue weighted by Crippen LogP contribution is 2.14. The number of para-hydroxylation sites is 1. The van der Waals surface area contributed by atoms with Gasteiger partial charge in [-0.25, -0.2) is 0 Å². The van der Waals surface area contributed by atoms with E-state index in [9.17, 15) is 0 Å². The van der Waals surface area contributed by atoms with Gasteiger partial charge in [-0.1, -0.05) is 25.1 Å². The van der Waals surface area contributed by atoms with Gasteiger partial charge < -0.3 is 5.32 Å². The Morgan fingerprint density at radius 2 is 2.00 bits per heavy atom. The molecule has 1 aromatic rings. The summed E-state index contributed by atoms with van der Waals surface area (Å²) < 4.78 is 0. The van der Waals surface area contributed by atoms with E-state index in [1.807, 2.05) is 30.0 Å². The van der Waals surface area contributed by atoms with E-state index in [1.165, 1.54) is 5.69 Å². The van der Waals surface area contributed by atoms with Crippen LogP contribution >= 0.6 is 11.8 Å². The van der Waals surface area contributed by atoms with Crippen LogP contribution in [0.25, 0.3) is 0 Å². The minimum absolute atomic E-state index is 0.498. The lowest BCUT2D eigenvalue weighted by Gasteiger charge is -2.13. The molecule has 2 heteroatoms. The van der Waals surface area contributed by atoms with Gasteiger partial charge in [0.1, 0.15) is 0 Å². The van der Waals surface area contributed by atoms with Gasteiger partial charge in [-0.3, -0.25) is 0 Å². The molecule has 12 heavy (non-hydrogen) atoms. The lowest BCUT2D eigenvalue weighted by Crippen LogP contribution is -2.10. The number of thioether (sulfide) groups is 1. The maximum atomic E-state index is 3.41. The fourth-order valence-corrected chi connectivity index (χ4v) is 1.78. The highest BCUT2D eigenvalue weighted by atomic mass is 32.2. The van der Waals surface area contributed by atoms with Gasteiger partial charge in [-0.15, -0.1) is 11.8 Å². The minimum atomic E-state index is 0.498. The third-order valence-corrected chi connectivity index (χ3v) is 2.51. The Kier molecular flexibility index (Phi) is 4.01. The van der Waals surface area contributed by atoms with E-state index in [0.29, 0.717) is 5.37 Å². The third-order valence-electron chi connectivity index (χ3n) is 1.56. The number of hydrogen-bond acceptors (Lipinski definition) is 2. The number of rotatable bonds is 4. The Bertz CT molecular complexity index is 210. The van der Waals surface area contributed by atoms with Crippen molar-refractivity contribution in [3.8, 4) is 0 Å². The molecule has 0 saturated heterocycles. The topological polar surface area (TPSA) is 12.0 Å². The first kappa shape index (κ1) is 9.46. The van der Waals surface area contributed by atoms with Crippen LogP contribution in [0.3, 0.4) is 0 Å². The van der Waals surface area contributed by atoms with Gasteiger partial charge in [-0.05, 0) is 24.8 Å². The van der Waals surface area contributed by atoms with E-state index < -0.39 is 0 Å². The van der Waals surface area contributed by atoms with Crippen molar-refractivity contribution in [3.05, 3.63) is 30.3 Å². The molecule has 0 aromatic heterocycles. The molecular weight excluding hydrogens is 166 g/mol. The molecule has 1 atom stereocenters. The predicted octanol–water partition coefficient (Wildman–Crippen LogP) is 3.20. The molecule has 0 aliphatic rings. The molecule has 0 heterocycles. The van der Waals surface area contributed by atoms with Crippen molar-refractivity contribution >= 4 is 17.4 Å². The van der Waals surface area contributed by atoms with Crippen LogP contribution in [-0.2, 0) is 0 Å². The summed E-state index contributed by atoms with van der Waals surface area (Å²) in [6, 6.07) is 10.3. The van der Waals surface area contributed by atoms with Crippen LogP contribution in [0, 0.1) is 0 Å². The quantitative estimate of drug-likeness (QED) is 0.716. The van der Waals surface area contributed by atoms with Crippen LogP contribution in [0.4, 0.5) is 5.69 Å². The van der Waals surface area contributed by atoms with Gasteiger partial charge in [0.05, 0.1) is 5.37 Å². The standard InChI is InChI=1S/C10H15NS/c1-3-12-9(2)11-10-7-5-4-6-8-10/h4-9,11H,3H2,1-2H3. The Morgan fingerprint density at radius 3 is 2.58 bits per heavy atom. The van der Waals surface area contributed by atoms with Gasteiger partial charge in [0.25, 0.3) is 0 Å². The highest BCUT2D eigenvalue weighted by molar-refractivity contribution is 7.99. The lowest BCUT2D eigenvalue weighted by atomic mass is 10.3. The van der Waals surface area contributed by atoms with Crippen LogP contribution in [-0.4, -0.2) is 11.1 Å². The predicted molar refractivity (Wildman–Crippen MR) is 57.7 cm³/mol. The molecule has 0 saturated carbocycles. The van der Waals surface area contributed by atoms with Crippen molar-refractivity contribution in [1.82, 2.24) is 0 Å². The summed E-state index contributed by atoms with van der Waals surface area (Å²) in [6.45, 7) is 4.36. The second-order valence-corrected chi connectivity index (χ2v) is 4.23. The Labute approximate surface area is 78.6 Å². The Morgan fingerprint density at radius 1 is 1.33 bits per heavy atom. The zero-order valence-electron chi connectivity index (χ0n) is 7.58. The van der Waals surface area contributed by atoms with Gasteiger partial charge >= 0.3 is 0 Å². The molecule has 1 rings (SSSR count). The first-order valence-electron chi connectivity index (χ1n) is 4.26. The molecular formula is C10H15NS. The fraction of sp³-hybridized carbons (Fsp3) is 0.400. The van der Waals surface area contributed by atoms with E-state index >= 15 is 0 Å². The van der Waals surface area contributed by atoms with Gasteiger partial charge in [0.2, 0.25) is 0 Å². The lowest BCUT2D eigenvalue weighted by molar-refractivity contribution is 1.12. The number of nitrogens with one attached hydrogen (secondary N) is 1. The van der Waals surface area contributed by atoms with E-state index in [-0.39, 0.29) is 0 Å². The average molecular weight is 181 g/mol. The summed E-state index contributed by atoms with van der Waals surface area (Å²) in [5.74, 6) is 1.15. The van der Waals surface area contributed by atoms with E-state index in [2.05, 4.69) is 31.3 Å². The number of hydrogen-bond donors (Lipinski definition) is 1. The summed E-state index contributed by atoms with van der Waals surface area (Å²) in [5, 5.41) is 3.90. The molecule has 0 fully saturated rings. The van der Waals surface area contributed by atoms with Crippen LogP contribution in [0.1, 0.15) is 13.8 Å². The monoisotopic (exact) mass is 181 g/mol. The Balaban J connectivity index is 2.41. The summed E-state index contributed by atoms with van der Waals surface area (Å²) in [4.78, 5) is 0. The summed E-state index contributed by atoms with van der Waals surface area (Å²) >= 11 is 1.91. The largest absolute Gasteiger partial charge is 0.374 e. The van der Waals surface area contributed by atoms with Crippen molar-refractivity contribution in [2.75, 3.05) is 11.1 Å². The highest BCUT2D eigenvalue weighted by Gasteiger charge is 1.98. The second-order valence-electron chi connectivity index (χ2n) is 2.61. The second kappa shape index (κ2) is 5.09. The number of benzene rings is 1. The van der Waals surface area contributed by atoms with Crippen LogP contribution < -0.4 is 5.32 Å². The van der Waals surface area contributed by atoms with Crippen LogP contribution in [0.5, 0.6) is 0 Å². The summed E-state index contributed by atoms with van der Waals surface area (Å²) in [7, 11) is 0. The molecule has 1 aromatic carbocycles. The maximum Gasteiger partial charge on any atom is 0.0694 e. The smallest absolute Gasteiger partial charge is 0.0694 e. The maximum absolute atomic E-state index is 3.41. The SMILES string of the molecule is CCSC(C)Nc1ccccc1. The molecule has 0 aliphatic heterocycles. The zero-order valence-corrected chi connectivity index (χ0v) is 8.40. The molecule has 1 unspecified atom stereocenters. The zero-order chi connectivity index (χ0) is 8.81. The summed E-state index contributed by atoms with van der Waals surface area (Å²) in [5.41, 5.74) is 1.20. The number of anilines is 1. The van der Waals surface area contributed by atoms with Crippen molar-refractivity contribution in [1.29, 1.82) is 0 Å². The molecule has 0 spiro atoms. The molecule has 1 nitrogen and oxygen atoms in total. The van der Waals surface area contributed by atoms with Crippen LogP contribution in [0.15, 0.2) is 30.3 Å². The van der Waals surface area contributed by atoms with Gasteiger partial charge in [-0.2, -0.15) is 0 Å². The van der Waals surface area contributed by atoms with E-state index in [0.717, 1.165) is 5.75 Å². The van der Waals surface area contributed by atoms with Crippen molar-refractivity contribution in [2.24, 2.45) is 0 Å². The van der Waals surface area contributed by atoms with E-state index in [4.69, 9.17) is 0 Å². The molecule has 0 radical (unpaired) electrons. The van der Waals surface area contributed by atoms with Crippen molar-refractivity contribution < 1.29 is 0 Å². The fourth-order valence-electron chi connectivity index (χ4n) is 1.06. The minimum Gasteiger partial charge on any atom is -0.374 e. The third kappa shape index (κ3) is 3.18. The van der Waals surface area contributed by atoms with Crippen LogP contribution in [0.2, 0.25) is 0 Å². The Hall–Kier alpha value is -0.630. The molecule has 0 bridgehead atoms. The van der Waals surface area contributed by atoms with Gasteiger partial charge in [0, 0.05) is 5.69 Å². The molecule has 0 aliphatic carbocycles. The van der Waals surface area contributed by atoms with Gasteiger partial charge in [0.15, 0.2) is 0 Å².